The van der Waals surface area contributed by atoms with Crippen LogP contribution in [0.25, 0.3) is 0 Å². The SMILES string of the molecule is CSC(C)CNC(=O)N1CC(F)C1. The molecule has 0 aromatic rings. The van der Waals surface area contributed by atoms with Crippen molar-refractivity contribution in [2.75, 3.05) is 25.9 Å². The summed E-state index contributed by atoms with van der Waals surface area (Å²) >= 11 is 1.70. The van der Waals surface area contributed by atoms with Gasteiger partial charge in [-0.05, 0) is 6.26 Å². The number of hydrogen-bond acceptors (Lipinski definition) is 2. The lowest BCUT2D eigenvalue weighted by Crippen LogP contribution is -2.55. The van der Waals surface area contributed by atoms with Gasteiger partial charge in [0.2, 0.25) is 0 Å². The number of amides is 2. The number of urea groups is 1. The van der Waals surface area contributed by atoms with E-state index in [-0.39, 0.29) is 19.1 Å². The minimum absolute atomic E-state index is 0.144. The number of halogens is 1. The molecule has 0 bridgehead atoms. The Hall–Kier alpha value is -0.450. The third kappa shape index (κ3) is 3.06. The van der Waals surface area contributed by atoms with Gasteiger partial charge in [-0.3, -0.25) is 0 Å². The van der Waals surface area contributed by atoms with Crippen molar-refractivity contribution < 1.29 is 9.18 Å². The van der Waals surface area contributed by atoms with Crippen molar-refractivity contribution in [1.29, 1.82) is 0 Å². The molecule has 13 heavy (non-hydrogen) atoms. The highest BCUT2D eigenvalue weighted by Gasteiger charge is 2.30. The fraction of sp³-hybridized carbons (Fsp3) is 0.875. The first-order chi connectivity index (χ1) is 6.13. The zero-order valence-electron chi connectivity index (χ0n) is 7.92. The Morgan fingerprint density at radius 3 is 2.85 bits per heavy atom. The van der Waals surface area contributed by atoms with Crippen molar-refractivity contribution in [3.63, 3.8) is 0 Å². The molecule has 1 atom stereocenters. The van der Waals surface area contributed by atoms with Crippen molar-refractivity contribution in [2.24, 2.45) is 0 Å². The smallest absolute Gasteiger partial charge is 0.317 e. The monoisotopic (exact) mass is 206 g/mol. The summed E-state index contributed by atoms with van der Waals surface area (Å²) in [7, 11) is 0. The normalized spacial score (nSPS) is 19.5. The minimum Gasteiger partial charge on any atom is -0.337 e. The first-order valence-corrected chi connectivity index (χ1v) is 5.62. The molecule has 2 amide bonds. The molecule has 1 fully saturated rings. The Morgan fingerprint density at radius 2 is 2.38 bits per heavy atom. The van der Waals surface area contributed by atoms with Gasteiger partial charge in [0, 0.05) is 11.8 Å². The van der Waals surface area contributed by atoms with Crippen LogP contribution in [-0.2, 0) is 0 Å². The first kappa shape index (κ1) is 10.6. The zero-order chi connectivity index (χ0) is 9.84. The van der Waals surface area contributed by atoms with Gasteiger partial charge in [0.1, 0.15) is 6.17 Å². The number of carbonyl (C=O) groups excluding carboxylic acids is 1. The van der Waals surface area contributed by atoms with Crippen LogP contribution < -0.4 is 5.32 Å². The zero-order valence-corrected chi connectivity index (χ0v) is 8.73. The van der Waals surface area contributed by atoms with E-state index >= 15 is 0 Å². The molecular weight excluding hydrogens is 191 g/mol. The molecule has 0 saturated carbocycles. The van der Waals surface area contributed by atoms with Crippen LogP contribution in [0.1, 0.15) is 6.92 Å². The van der Waals surface area contributed by atoms with Crippen molar-refractivity contribution >= 4 is 17.8 Å². The summed E-state index contributed by atoms with van der Waals surface area (Å²) in [6.45, 7) is 3.19. The lowest BCUT2D eigenvalue weighted by Gasteiger charge is -2.34. The summed E-state index contributed by atoms with van der Waals surface area (Å²) in [5.41, 5.74) is 0. The number of carbonyl (C=O) groups is 1. The van der Waals surface area contributed by atoms with E-state index in [9.17, 15) is 9.18 Å². The number of nitrogens with zero attached hydrogens (tertiary/aromatic N) is 1. The van der Waals surface area contributed by atoms with Gasteiger partial charge >= 0.3 is 6.03 Å². The molecule has 0 aromatic carbocycles. The molecule has 76 valence electrons. The second kappa shape index (κ2) is 4.69. The van der Waals surface area contributed by atoms with E-state index in [2.05, 4.69) is 5.32 Å². The van der Waals surface area contributed by atoms with Crippen molar-refractivity contribution in [3.05, 3.63) is 0 Å². The molecule has 5 heteroatoms. The second-order valence-electron chi connectivity index (χ2n) is 3.23. The van der Waals surface area contributed by atoms with Gasteiger partial charge in [-0.25, -0.2) is 9.18 Å². The lowest BCUT2D eigenvalue weighted by molar-refractivity contribution is 0.0900. The molecule has 0 aromatic heterocycles. The van der Waals surface area contributed by atoms with Gasteiger partial charge in [-0.2, -0.15) is 11.8 Å². The average Bonchev–Trinajstić information content (AvgIpc) is 2.08. The van der Waals surface area contributed by atoms with E-state index in [0.29, 0.717) is 11.8 Å². The van der Waals surface area contributed by atoms with Crippen LogP contribution in [0.15, 0.2) is 0 Å². The highest BCUT2D eigenvalue weighted by molar-refractivity contribution is 7.99. The number of nitrogens with one attached hydrogen (secondary N) is 1. The predicted molar refractivity (Wildman–Crippen MR) is 52.8 cm³/mol. The number of hydrogen-bond donors (Lipinski definition) is 1. The second-order valence-corrected chi connectivity index (χ2v) is 4.51. The fourth-order valence-electron chi connectivity index (χ4n) is 1.02. The Morgan fingerprint density at radius 1 is 1.77 bits per heavy atom. The molecule has 1 aliphatic rings. The molecule has 1 saturated heterocycles. The summed E-state index contributed by atoms with van der Waals surface area (Å²) in [5.74, 6) is 0. The molecule has 0 radical (unpaired) electrons. The standard InChI is InChI=1S/C8H15FN2OS/c1-6(13-2)3-10-8(12)11-4-7(9)5-11/h6-7H,3-5H2,1-2H3,(H,10,12). The van der Waals surface area contributed by atoms with Crippen LogP contribution in [0, 0.1) is 0 Å². The van der Waals surface area contributed by atoms with Crippen LogP contribution in [0.2, 0.25) is 0 Å². The quantitative estimate of drug-likeness (QED) is 0.750. The van der Waals surface area contributed by atoms with E-state index in [1.807, 2.05) is 13.2 Å². The van der Waals surface area contributed by atoms with E-state index in [1.165, 1.54) is 4.90 Å². The Kier molecular flexibility index (Phi) is 3.84. The third-order valence-corrected chi connectivity index (χ3v) is 3.04. The molecule has 1 rings (SSSR count). The van der Waals surface area contributed by atoms with E-state index in [4.69, 9.17) is 0 Å². The molecule has 1 unspecified atom stereocenters. The minimum atomic E-state index is -0.816. The average molecular weight is 206 g/mol. The largest absolute Gasteiger partial charge is 0.337 e. The van der Waals surface area contributed by atoms with E-state index < -0.39 is 6.17 Å². The number of rotatable bonds is 3. The van der Waals surface area contributed by atoms with Crippen molar-refractivity contribution in [3.8, 4) is 0 Å². The fourth-order valence-corrected chi connectivity index (χ4v) is 1.27. The molecule has 0 aliphatic carbocycles. The van der Waals surface area contributed by atoms with Crippen molar-refractivity contribution in [1.82, 2.24) is 10.2 Å². The summed E-state index contributed by atoms with van der Waals surface area (Å²) < 4.78 is 12.4. The van der Waals surface area contributed by atoms with Crippen LogP contribution in [0.4, 0.5) is 9.18 Å². The molecule has 1 aliphatic heterocycles. The topological polar surface area (TPSA) is 32.3 Å². The van der Waals surface area contributed by atoms with Crippen LogP contribution in [0.5, 0.6) is 0 Å². The predicted octanol–water partition coefficient (Wildman–Crippen LogP) is 1.10. The summed E-state index contributed by atoms with van der Waals surface area (Å²) in [4.78, 5) is 12.7. The van der Waals surface area contributed by atoms with Crippen molar-refractivity contribution in [2.45, 2.75) is 18.3 Å². The Balaban J connectivity index is 2.11. The van der Waals surface area contributed by atoms with Crippen LogP contribution in [0.3, 0.4) is 0 Å². The van der Waals surface area contributed by atoms with Gasteiger partial charge in [0.15, 0.2) is 0 Å². The maximum atomic E-state index is 12.4. The number of likely N-dealkylation sites (tertiary alicyclic amines) is 1. The first-order valence-electron chi connectivity index (χ1n) is 4.33. The van der Waals surface area contributed by atoms with E-state index in [0.717, 1.165) is 0 Å². The lowest BCUT2D eigenvalue weighted by atomic mass is 10.2. The Labute approximate surface area is 82.0 Å². The third-order valence-electron chi connectivity index (χ3n) is 2.07. The molecule has 1 heterocycles. The van der Waals surface area contributed by atoms with Crippen LogP contribution >= 0.6 is 11.8 Å². The molecule has 3 nitrogen and oxygen atoms in total. The highest BCUT2D eigenvalue weighted by atomic mass is 32.2. The van der Waals surface area contributed by atoms with Gasteiger partial charge in [0.25, 0.3) is 0 Å². The summed E-state index contributed by atoms with van der Waals surface area (Å²) in [6.07, 6.45) is 1.18. The molecular formula is C8H15FN2OS. The Bertz CT molecular complexity index is 185. The number of thioether (sulfide) groups is 1. The summed E-state index contributed by atoms with van der Waals surface area (Å²) in [5, 5.41) is 3.16. The summed E-state index contributed by atoms with van der Waals surface area (Å²) in [6, 6.07) is -0.144. The van der Waals surface area contributed by atoms with Crippen LogP contribution in [-0.4, -0.2) is 48.2 Å². The maximum Gasteiger partial charge on any atom is 0.317 e. The maximum absolute atomic E-state index is 12.4. The van der Waals surface area contributed by atoms with Gasteiger partial charge in [-0.1, -0.05) is 6.92 Å². The van der Waals surface area contributed by atoms with E-state index in [1.54, 1.807) is 11.8 Å². The molecule has 1 N–H and O–H groups in total. The van der Waals surface area contributed by atoms with Gasteiger partial charge in [-0.15, -0.1) is 0 Å². The molecule has 0 spiro atoms. The van der Waals surface area contributed by atoms with Gasteiger partial charge < -0.3 is 10.2 Å². The number of alkyl halides is 1. The highest BCUT2D eigenvalue weighted by Crippen LogP contribution is 2.11. The van der Waals surface area contributed by atoms with Gasteiger partial charge in [0.05, 0.1) is 13.1 Å².